The highest BCUT2D eigenvalue weighted by Crippen LogP contribution is 2.41. The standard InChI is InChI=1S/C25H48O4/c1-3-5-7-9-11-13-15-19-25(21-17-23(26)27,22-18-24(28)29)20-16-14-12-10-8-6-4-2/h3-22H2,1-2H3,(H,26,27)(H,28,29). The Morgan fingerprint density at radius 3 is 1.14 bits per heavy atom. The summed E-state index contributed by atoms with van der Waals surface area (Å²) in [4.78, 5) is 22.4. The Bertz CT molecular complexity index is 368. The number of hydrogen-bond donors (Lipinski definition) is 2. The lowest BCUT2D eigenvalue weighted by molar-refractivity contribution is -0.138. The lowest BCUT2D eigenvalue weighted by Gasteiger charge is -2.34. The van der Waals surface area contributed by atoms with Gasteiger partial charge in [0.2, 0.25) is 0 Å². The van der Waals surface area contributed by atoms with Crippen LogP contribution in [0.5, 0.6) is 0 Å². The normalized spacial score (nSPS) is 11.7. The second kappa shape index (κ2) is 18.9. The number of carboxylic acid groups (broad SMARTS) is 2. The highest BCUT2D eigenvalue weighted by molar-refractivity contribution is 5.67. The smallest absolute Gasteiger partial charge is 0.303 e. The summed E-state index contributed by atoms with van der Waals surface area (Å²) in [5, 5.41) is 18.4. The van der Waals surface area contributed by atoms with E-state index in [4.69, 9.17) is 0 Å². The molecule has 0 bridgehead atoms. The van der Waals surface area contributed by atoms with Crippen molar-refractivity contribution in [2.75, 3.05) is 0 Å². The van der Waals surface area contributed by atoms with E-state index < -0.39 is 11.9 Å². The largest absolute Gasteiger partial charge is 0.481 e. The SMILES string of the molecule is CCCCCCCCCC(CCCCCCCCC)(CCC(=O)O)CCC(=O)O. The number of carboxylic acids is 2. The first-order valence-electron chi connectivity index (χ1n) is 12.4. The van der Waals surface area contributed by atoms with Crippen molar-refractivity contribution in [2.45, 2.75) is 142 Å². The molecule has 0 heterocycles. The van der Waals surface area contributed by atoms with Gasteiger partial charge in [-0.25, -0.2) is 0 Å². The van der Waals surface area contributed by atoms with Gasteiger partial charge in [-0.3, -0.25) is 9.59 Å². The van der Waals surface area contributed by atoms with Gasteiger partial charge in [-0.2, -0.15) is 0 Å². The second-order valence-electron chi connectivity index (χ2n) is 9.03. The number of hydrogen-bond acceptors (Lipinski definition) is 2. The average Bonchev–Trinajstić information content (AvgIpc) is 2.69. The third kappa shape index (κ3) is 17.5. The van der Waals surface area contributed by atoms with E-state index in [2.05, 4.69) is 13.8 Å². The van der Waals surface area contributed by atoms with Crippen LogP contribution in [0.25, 0.3) is 0 Å². The fraction of sp³-hybridized carbons (Fsp3) is 0.920. The summed E-state index contributed by atoms with van der Waals surface area (Å²) in [6.45, 7) is 4.45. The molecule has 0 fully saturated rings. The van der Waals surface area contributed by atoms with Crippen LogP contribution in [0.2, 0.25) is 0 Å². The molecule has 0 saturated heterocycles. The van der Waals surface area contributed by atoms with E-state index in [1.54, 1.807) is 0 Å². The van der Waals surface area contributed by atoms with Crippen molar-refractivity contribution in [1.29, 1.82) is 0 Å². The van der Waals surface area contributed by atoms with E-state index in [1.165, 1.54) is 77.0 Å². The molecule has 0 spiro atoms. The van der Waals surface area contributed by atoms with E-state index in [9.17, 15) is 19.8 Å². The molecule has 0 aliphatic heterocycles. The Balaban J connectivity index is 4.61. The number of unbranched alkanes of at least 4 members (excludes halogenated alkanes) is 12. The van der Waals surface area contributed by atoms with Crippen LogP contribution >= 0.6 is 0 Å². The van der Waals surface area contributed by atoms with Crippen molar-refractivity contribution in [1.82, 2.24) is 0 Å². The third-order valence-corrected chi connectivity index (χ3v) is 6.36. The Hall–Kier alpha value is -1.06. The average molecular weight is 413 g/mol. The summed E-state index contributed by atoms with van der Waals surface area (Å²) in [6.07, 6.45) is 20.9. The molecule has 2 N–H and O–H groups in total. The van der Waals surface area contributed by atoms with Crippen molar-refractivity contribution in [2.24, 2.45) is 5.41 Å². The van der Waals surface area contributed by atoms with Gasteiger partial charge >= 0.3 is 11.9 Å². The van der Waals surface area contributed by atoms with Crippen molar-refractivity contribution < 1.29 is 19.8 Å². The summed E-state index contributed by atoms with van der Waals surface area (Å²) in [6, 6.07) is 0. The zero-order valence-corrected chi connectivity index (χ0v) is 19.4. The number of carbonyl (C=O) groups is 2. The monoisotopic (exact) mass is 412 g/mol. The van der Waals surface area contributed by atoms with Crippen molar-refractivity contribution >= 4 is 11.9 Å². The Labute approximate surface area is 179 Å². The van der Waals surface area contributed by atoms with Crippen LogP contribution in [-0.2, 0) is 9.59 Å². The van der Waals surface area contributed by atoms with Gasteiger partial charge in [-0.05, 0) is 31.1 Å². The number of rotatable bonds is 22. The molecule has 4 nitrogen and oxygen atoms in total. The highest BCUT2D eigenvalue weighted by atomic mass is 16.4. The Morgan fingerprint density at radius 2 is 0.828 bits per heavy atom. The molecule has 0 atom stereocenters. The highest BCUT2D eigenvalue weighted by Gasteiger charge is 2.30. The molecule has 0 unspecified atom stereocenters. The first kappa shape index (κ1) is 27.9. The fourth-order valence-corrected chi connectivity index (χ4v) is 4.41. The lowest BCUT2D eigenvalue weighted by atomic mass is 9.71. The van der Waals surface area contributed by atoms with E-state index >= 15 is 0 Å². The molecule has 0 radical (unpaired) electrons. The van der Waals surface area contributed by atoms with Crippen LogP contribution in [0.15, 0.2) is 0 Å². The fourth-order valence-electron chi connectivity index (χ4n) is 4.41. The van der Waals surface area contributed by atoms with Gasteiger partial charge in [-0.15, -0.1) is 0 Å². The molecule has 29 heavy (non-hydrogen) atoms. The molecule has 0 aromatic rings. The first-order chi connectivity index (χ1) is 14.0. The van der Waals surface area contributed by atoms with Gasteiger partial charge in [0, 0.05) is 12.8 Å². The maximum absolute atomic E-state index is 11.2. The molecule has 0 aromatic heterocycles. The molecule has 172 valence electrons. The maximum Gasteiger partial charge on any atom is 0.303 e. The van der Waals surface area contributed by atoms with Gasteiger partial charge in [0.05, 0.1) is 0 Å². The predicted octanol–water partition coefficient (Wildman–Crippen LogP) is 7.98. The minimum atomic E-state index is -0.760. The quantitative estimate of drug-likeness (QED) is 0.177. The minimum Gasteiger partial charge on any atom is -0.481 e. The summed E-state index contributed by atoms with van der Waals surface area (Å²) in [7, 11) is 0. The van der Waals surface area contributed by atoms with Crippen LogP contribution in [0.1, 0.15) is 142 Å². The van der Waals surface area contributed by atoms with Gasteiger partial charge in [0.25, 0.3) is 0 Å². The molecule has 4 heteroatoms. The summed E-state index contributed by atoms with van der Waals surface area (Å²) >= 11 is 0. The third-order valence-electron chi connectivity index (χ3n) is 6.36. The molecule has 0 amide bonds. The van der Waals surface area contributed by atoms with Gasteiger partial charge in [0.15, 0.2) is 0 Å². The summed E-state index contributed by atoms with van der Waals surface area (Å²) in [5.74, 6) is -1.52. The van der Waals surface area contributed by atoms with Gasteiger partial charge in [0.1, 0.15) is 0 Å². The summed E-state index contributed by atoms with van der Waals surface area (Å²) in [5.41, 5.74) is -0.108. The van der Waals surface area contributed by atoms with Crippen LogP contribution in [0.3, 0.4) is 0 Å². The first-order valence-corrected chi connectivity index (χ1v) is 12.4. The predicted molar refractivity (Wildman–Crippen MR) is 121 cm³/mol. The molecule has 0 aromatic carbocycles. The van der Waals surface area contributed by atoms with E-state index in [1.807, 2.05) is 0 Å². The van der Waals surface area contributed by atoms with E-state index in [-0.39, 0.29) is 18.3 Å². The Morgan fingerprint density at radius 1 is 0.517 bits per heavy atom. The van der Waals surface area contributed by atoms with Crippen LogP contribution in [0, 0.1) is 5.41 Å². The van der Waals surface area contributed by atoms with Crippen molar-refractivity contribution in [3.8, 4) is 0 Å². The number of aliphatic carboxylic acids is 2. The molecule has 0 aliphatic carbocycles. The van der Waals surface area contributed by atoms with E-state index in [0.29, 0.717) is 12.8 Å². The molecule has 0 aliphatic rings. The van der Waals surface area contributed by atoms with Crippen LogP contribution in [0.4, 0.5) is 0 Å². The molecule has 0 rings (SSSR count). The minimum absolute atomic E-state index is 0.108. The second-order valence-corrected chi connectivity index (χ2v) is 9.03. The molecule has 0 saturated carbocycles. The van der Waals surface area contributed by atoms with Crippen LogP contribution in [-0.4, -0.2) is 22.2 Å². The topological polar surface area (TPSA) is 74.6 Å². The molecular weight excluding hydrogens is 364 g/mol. The zero-order valence-electron chi connectivity index (χ0n) is 19.4. The summed E-state index contributed by atoms with van der Waals surface area (Å²) < 4.78 is 0. The van der Waals surface area contributed by atoms with Crippen LogP contribution < -0.4 is 0 Å². The van der Waals surface area contributed by atoms with E-state index in [0.717, 1.165) is 25.7 Å². The lowest BCUT2D eigenvalue weighted by Crippen LogP contribution is -2.24. The maximum atomic E-state index is 11.2. The van der Waals surface area contributed by atoms with Crippen molar-refractivity contribution in [3.63, 3.8) is 0 Å². The van der Waals surface area contributed by atoms with Gasteiger partial charge in [-0.1, -0.05) is 104 Å². The van der Waals surface area contributed by atoms with Crippen molar-refractivity contribution in [3.05, 3.63) is 0 Å². The zero-order chi connectivity index (χ0) is 21.8. The van der Waals surface area contributed by atoms with Gasteiger partial charge < -0.3 is 10.2 Å². The molecular formula is C25H48O4. The Kier molecular flexibility index (Phi) is 18.2.